The zero-order chi connectivity index (χ0) is 13.5. The standard InChI is InChI=1S/C13H16N2O3/c1-4-5-10(2)14-9-11-6-7-13(18-3)12(8-11)15(16)17/h1,6-8,10,14H,5,9H2,2-3H3. The first-order chi connectivity index (χ1) is 8.58. The molecule has 0 amide bonds. The Morgan fingerprint density at radius 1 is 1.61 bits per heavy atom. The van der Waals surface area contributed by atoms with E-state index in [-0.39, 0.29) is 17.5 Å². The summed E-state index contributed by atoms with van der Waals surface area (Å²) in [5.74, 6) is 2.83. The number of nitrogens with zero attached hydrogens (tertiary/aromatic N) is 1. The molecule has 1 atom stereocenters. The first-order valence-corrected chi connectivity index (χ1v) is 5.56. The number of hydrogen-bond donors (Lipinski definition) is 1. The highest BCUT2D eigenvalue weighted by molar-refractivity contribution is 5.48. The first kappa shape index (κ1) is 14.0. The number of methoxy groups -OCH3 is 1. The fourth-order valence-electron chi connectivity index (χ4n) is 1.53. The van der Waals surface area contributed by atoms with Crippen molar-refractivity contribution in [3.05, 3.63) is 33.9 Å². The van der Waals surface area contributed by atoms with E-state index in [1.165, 1.54) is 13.2 Å². The largest absolute Gasteiger partial charge is 0.490 e. The Hall–Kier alpha value is -2.06. The summed E-state index contributed by atoms with van der Waals surface area (Å²) in [6, 6.07) is 5.08. The van der Waals surface area contributed by atoms with E-state index in [1.54, 1.807) is 12.1 Å². The van der Waals surface area contributed by atoms with Crippen LogP contribution in [-0.2, 0) is 6.54 Å². The van der Waals surface area contributed by atoms with E-state index in [0.29, 0.717) is 13.0 Å². The Kier molecular flexibility index (Phi) is 5.15. The predicted octanol–water partition coefficient (Wildman–Crippen LogP) is 2.10. The first-order valence-electron chi connectivity index (χ1n) is 5.56. The van der Waals surface area contributed by atoms with Gasteiger partial charge in [0.25, 0.3) is 0 Å². The van der Waals surface area contributed by atoms with Gasteiger partial charge in [0.2, 0.25) is 0 Å². The Morgan fingerprint density at radius 2 is 2.33 bits per heavy atom. The Morgan fingerprint density at radius 3 is 2.89 bits per heavy atom. The zero-order valence-electron chi connectivity index (χ0n) is 10.5. The Balaban J connectivity index is 2.76. The predicted molar refractivity (Wildman–Crippen MR) is 69.4 cm³/mol. The summed E-state index contributed by atoms with van der Waals surface area (Å²) >= 11 is 0. The van der Waals surface area contributed by atoms with Crippen LogP contribution in [0.1, 0.15) is 18.9 Å². The molecule has 5 nitrogen and oxygen atoms in total. The normalized spacial score (nSPS) is 11.6. The van der Waals surface area contributed by atoms with Crippen molar-refractivity contribution in [3.8, 4) is 18.1 Å². The van der Waals surface area contributed by atoms with E-state index in [4.69, 9.17) is 11.2 Å². The van der Waals surface area contributed by atoms with Crippen molar-refractivity contribution in [2.75, 3.05) is 7.11 Å². The third kappa shape index (κ3) is 3.75. The molecule has 0 saturated carbocycles. The smallest absolute Gasteiger partial charge is 0.311 e. The molecule has 1 unspecified atom stereocenters. The SMILES string of the molecule is C#CCC(C)NCc1ccc(OC)c([N+](=O)[O-])c1. The molecule has 0 fully saturated rings. The van der Waals surface area contributed by atoms with Gasteiger partial charge in [-0.2, -0.15) is 0 Å². The van der Waals surface area contributed by atoms with E-state index in [0.717, 1.165) is 5.56 Å². The van der Waals surface area contributed by atoms with E-state index < -0.39 is 4.92 Å². The molecule has 96 valence electrons. The molecule has 5 heteroatoms. The van der Waals surface area contributed by atoms with Gasteiger partial charge >= 0.3 is 5.69 Å². The fraction of sp³-hybridized carbons (Fsp3) is 0.385. The maximum atomic E-state index is 10.9. The lowest BCUT2D eigenvalue weighted by molar-refractivity contribution is -0.385. The van der Waals surface area contributed by atoms with Gasteiger partial charge in [0.1, 0.15) is 0 Å². The molecular weight excluding hydrogens is 232 g/mol. The van der Waals surface area contributed by atoms with Crippen molar-refractivity contribution in [3.63, 3.8) is 0 Å². The lowest BCUT2D eigenvalue weighted by atomic mass is 10.1. The summed E-state index contributed by atoms with van der Waals surface area (Å²) in [7, 11) is 1.41. The molecule has 1 aromatic carbocycles. The molecule has 0 saturated heterocycles. The van der Waals surface area contributed by atoms with Gasteiger partial charge in [-0.3, -0.25) is 10.1 Å². The van der Waals surface area contributed by atoms with Gasteiger partial charge in [-0.15, -0.1) is 12.3 Å². The Bertz CT molecular complexity index is 466. The highest BCUT2D eigenvalue weighted by Gasteiger charge is 2.15. The molecule has 1 aromatic rings. The molecule has 0 heterocycles. The second-order valence-electron chi connectivity index (χ2n) is 3.95. The van der Waals surface area contributed by atoms with Gasteiger partial charge in [0, 0.05) is 25.1 Å². The van der Waals surface area contributed by atoms with Crippen molar-refractivity contribution in [1.82, 2.24) is 5.32 Å². The molecule has 0 aliphatic rings. The van der Waals surface area contributed by atoms with Crippen molar-refractivity contribution in [1.29, 1.82) is 0 Å². The molecule has 0 bridgehead atoms. The average Bonchev–Trinajstić information content (AvgIpc) is 2.36. The van der Waals surface area contributed by atoms with Crippen LogP contribution in [-0.4, -0.2) is 18.1 Å². The highest BCUT2D eigenvalue weighted by Crippen LogP contribution is 2.27. The van der Waals surface area contributed by atoms with Crippen molar-refractivity contribution >= 4 is 5.69 Å². The molecular formula is C13H16N2O3. The summed E-state index contributed by atoms with van der Waals surface area (Å²) in [5, 5.41) is 14.0. The molecule has 0 aromatic heterocycles. The van der Waals surface area contributed by atoms with Gasteiger partial charge < -0.3 is 10.1 Å². The van der Waals surface area contributed by atoms with Crippen LogP contribution in [0.5, 0.6) is 5.75 Å². The zero-order valence-corrected chi connectivity index (χ0v) is 10.5. The number of rotatable bonds is 6. The van der Waals surface area contributed by atoms with E-state index >= 15 is 0 Å². The quantitative estimate of drug-likeness (QED) is 0.475. The maximum absolute atomic E-state index is 10.9. The summed E-state index contributed by atoms with van der Waals surface area (Å²) in [6.07, 6.45) is 5.83. The topological polar surface area (TPSA) is 64.4 Å². The van der Waals surface area contributed by atoms with Crippen molar-refractivity contribution in [2.45, 2.75) is 25.9 Å². The lowest BCUT2D eigenvalue weighted by Crippen LogP contribution is -2.24. The van der Waals surface area contributed by atoms with Crippen LogP contribution in [0.2, 0.25) is 0 Å². The number of terminal acetylenes is 1. The molecule has 0 aliphatic carbocycles. The van der Waals surface area contributed by atoms with Crippen LogP contribution in [0, 0.1) is 22.5 Å². The number of ether oxygens (including phenoxy) is 1. The molecule has 0 aliphatic heterocycles. The number of nitro benzene ring substituents is 1. The van der Waals surface area contributed by atoms with Crippen LogP contribution in [0.15, 0.2) is 18.2 Å². The van der Waals surface area contributed by atoms with E-state index in [1.807, 2.05) is 6.92 Å². The summed E-state index contributed by atoms with van der Waals surface area (Å²) in [6.45, 7) is 2.51. The van der Waals surface area contributed by atoms with E-state index in [2.05, 4.69) is 11.2 Å². The maximum Gasteiger partial charge on any atom is 0.311 e. The Labute approximate surface area is 106 Å². The second kappa shape index (κ2) is 6.62. The summed E-state index contributed by atoms with van der Waals surface area (Å²) in [5.41, 5.74) is 0.799. The van der Waals surface area contributed by atoms with Crippen LogP contribution < -0.4 is 10.1 Å². The van der Waals surface area contributed by atoms with Gasteiger partial charge in [0.05, 0.1) is 12.0 Å². The van der Waals surface area contributed by atoms with Crippen LogP contribution in [0.3, 0.4) is 0 Å². The highest BCUT2D eigenvalue weighted by atomic mass is 16.6. The number of benzene rings is 1. The third-order valence-corrected chi connectivity index (χ3v) is 2.52. The number of nitro groups is 1. The monoisotopic (exact) mass is 248 g/mol. The van der Waals surface area contributed by atoms with Crippen molar-refractivity contribution < 1.29 is 9.66 Å². The fourth-order valence-corrected chi connectivity index (χ4v) is 1.53. The molecule has 1 rings (SSSR count). The van der Waals surface area contributed by atoms with Gasteiger partial charge in [-0.05, 0) is 18.6 Å². The summed E-state index contributed by atoms with van der Waals surface area (Å²) in [4.78, 5) is 10.4. The lowest BCUT2D eigenvalue weighted by Gasteiger charge is -2.11. The number of hydrogen-bond acceptors (Lipinski definition) is 4. The number of nitrogens with one attached hydrogen (secondary N) is 1. The van der Waals surface area contributed by atoms with Gasteiger partial charge in [-0.1, -0.05) is 6.07 Å². The molecule has 1 N–H and O–H groups in total. The van der Waals surface area contributed by atoms with Gasteiger partial charge in [-0.25, -0.2) is 0 Å². The minimum Gasteiger partial charge on any atom is -0.490 e. The second-order valence-corrected chi connectivity index (χ2v) is 3.95. The van der Waals surface area contributed by atoms with Crippen LogP contribution in [0.4, 0.5) is 5.69 Å². The van der Waals surface area contributed by atoms with E-state index in [9.17, 15) is 10.1 Å². The van der Waals surface area contributed by atoms with Crippen molar-refractivity contribution in [2.24, 2.45) is 0 Å². The van der Waals surface area contributed by atoms with Crippen LogP contribution in [0.25, 0.3) is 0 Å². The third-order valence-electron chi connectivity index (χ3n) is 2.52. The average molecular weight is 248 g/mol. The molecule has 18 heavy (non-hydrogen) atoms. The molecule has 0 spiro atoms. The molecule has 0 radical (unpaired) electrons. The minimum atomic E-state index is -0.451. The summed E-state index contributed by atoms with van der Waals surface area (Å²) < 4.78 is 4.94. The van der Waals surface area contributed by atoms with Gasteiger partial charge in [0.15, 0.2) is 5.75 Å². The van der Waals surface area contributed by atoms with Crippen LogP contribution >= 0.6 is 0 Å². The minimum absolute atomic E-state index is 0.0265.